The van der Waals surface area contributed by atoms with E-state index in [9.17, 15) is 18.0 Å². The van der Waals surface area contributed by atoms with Gasteiger partial charge in [-0.25, -0.2) is 0 Å². The Bertz CT molecular complexity index is 861. The van der Waals surface area contributed by atoms with E-state index in [1.807, 2.05) is 4.90 Å². The number of rotatable bonds is 5. The standard InChI is InChI=1S/C20H23F3N4O2/c21-20(22,23)15-5-3-4-13(10-15)18-25-19(29-26-18)14-8-9-27(11-14)12-17(28)24-16-6-1-2-7-16/h3-5,10,14,16H,1-2,6-9,11-12H2,(H,24,28)/t14-/m0/s1. The molecule has 1 N–H and O–H groups in total. The molecule has 0 spiro atoms. The van der Waals surface area contributed by atoms with Gasteiger partial charge in [-0.05, 0) is 37.9 Å². The van der Waals surface area contributed by atoms with Gasteiger partial charge in [0.1, 0.15) is 0 Å². The molecule has 1 aliphatic heterocycles. The molecule has 6 nitrogen and oxygen atoms in total. The van der Waals surface area contributed by atoms with Crippen molar-refractivity contribution in [1.82, 2.24) is 20.4 Å². The van der Waals surface area contributed by atoms with Gasteiger partial charge in [-0.15, -0.1) is 0 Å². The summed E-state index contributed by atoms with van der Waals surface area (Å²) in [7, 11) is 0. The molecule has 1 amide bonds. The van der Waals surface area contributed by atoms with E-state index in [0.717, 1.165) is 37.9 Å². The fourth-order valence-corrected chi connectivity index (χ4v) is 4.08. The summed E-state index contributed by atoms with van der Waals surface area (Å²) < 4.78 is 44.0. The van der Waals surface area contributed by atoms with Crippen molar-refractivity contribution in [1.29, 1.82) is 0 Å². The van der Waals surface area contributed by atoms with E-state index in [2.05, 4.69) is 15.5 Å². The molecular weight excluding hydrogens is 385 g/mol. The molecule has 4 rings (SSSR count). The molecule has 156 valence electrons. The molecule has 1 aromatic heterocycles. The maximum Gasteiger partial charge on any atom is 0.416 e. The summed E-state index contributed by atoms with van der Waals surface area (Å²) in [5, 5.41) is 6.94. The van der Waals surface area contributed by atoms with Crippen LogP contribution < -0.4 is 5.32 Å². The lowest BCUT2D eigenvalue weighted by atomic mass is 10.1. The van der Waals surface area contributed by atoms with Gasteiger partial charge in [0.05, 0.1) is 18.0 Å². The summed E-state index contributed by atoms with van der Waals surface area (Å²) in [6.07, 6.45) is 0.780. The first-order valence-electron chi connectivity index (χ1n) is 9.91. The largest absolute Gasteiger partial charge is 0.416 e. The molecule has 1 saturated carbocycles. The van der Waals surface area contributed by atoms with Crippen LogP contribution in [0.25, 0.3) is 11.4 Å². The fourth-order valence-electron chi connectivity index (χ4n) is 4.08. The highest BCUT2D eigenvalue weighted by atomic mass is 19.4. The molecule has 1 atom stereocenters. The summed E-state index contributed by atoms with van der Waals surface area (Å²) >= 11 is 0. The van der Waals surface area contributed by atoms with Gasteiger partial charge in [-0.1, -0.05) is 30.1 Å². The third kappa shape index (κ3) is 4.77. The van der Waals surface area contributed by atoms with Crippen molar-refractivity contribution in [3.63, 3.8) is 0 Å². The van der Waals surface area contributed by atoms with Gasteiger partial charge < -0.3 is 9.84 Å². The zero-order chi connectivity index (χ0) is 20.4. The zero-order valence-electron chi connectivity index (χ0n) is 15.9. The normalized spacial score (nSPS) is 21.0. The number of hydrogen-bond donors (Lipinski definition) is 1. The van der Waals surface area contributed by atoms with Crippen LogP contribution in [0, 0.1) is 0 Å². The Balaban J connectivity index is 1.36. The number of amides is 1. The second-order valence-corrected chi connectivity index (χ2v) is 7.80. The Morgan fingerprint density at radius 2 is 2.03 bits per heavy atom. The highest BCUT2D eigenvalue weighted by molar-refractivity contribution is 5.78. The van der Waals surface area contributed by atoms with Crippen molar-refractivity contribution in [2.75, 3.05) is 19.6 Å². The molecule has 1 saturated heterocycles. The Morgan fingerprint density at radius 1 is 1.24 bits per heavy atom. The Hall–Kier alpha value is -2.42. The van der Waals surface area contributed by atoms with Crippen LogP contribution in [0.5, 0.6) is 0 Å². The number of halogens is 3. The Labute approximate surface area is 166 Å². The van der Waals surface area contributed by atoms with Crippen LogP contribution in [0.3, 0.4) is 0 Å². The number of nitrogens with zero attached hydrogens (tertiary/aromatic N) is 3. The van der Waals surface area contributed by atoms with Crippen LogP contribution >= 0.6 is 0 Å². The molecule has 0 radical (unpaired) electrons. The number of hydrogen-bond acceptors (Lipinski definition) is 5. The quantitative estimate of drug-likeness (QED) is 0.819. The number of alkyl halides is 3. The molecule has 2 aliphatic rings. The van der Waals surface area contributed by atoms with Crippen LogP contribution in [0.2, 0.25) is 0 Å². The third-order valence-corrected chi connectivity index (χ3v) is 5.60. The molecule has 9 heteroatoms. The first-order valence-corrected chi connectivity index (χ1v) is 9.91. The number of carbonyl (C=O) groups is 1. The summed E-state index contributed by atoms with van der Waals surface area (Å²) in [6.45, 7) is 1.69. The molecule has 0 bridgehead atoms. The van der Waals surface area contributed by atoms with E-state index >= 15 is 0 Å². The maximum absolute atomic E-state index is 12.9. The molecule has 2 fully saturated rings. The van der Waals surface area contributed by atoms with Crippen LogP contribution in [0.1, 0.15) is 49.5 Å². The zero-order valence-corrected chi connectivity index (χ0v) is 15.9. The first kappa shape index (κ1) is 19.9. The van der Waals surface area contributed by atoms with Crippen LogP contribution in [-0.4, -0.2) is 46.6 Å². The average Bonchev–Trinajstić information content (AvgIpc) is 3.42. The van der Waals surface area contributed by atoms with E-state index in [0.29, 0.717) is 25.0 Å². The van der Waals surface area contributed by atoms with E-state index in [1.54, 1.807) is 0 Å². The van der Waals surface area contributed by atoms with E-state index in [-0.39, 0.29) is 23.2 Å². The predicted octanol–water partition coefficient (Wildman–Crippen LogP) is 3.60. The fraction of sp³-hybridized carbons (Fsp3) is 0.550. The van der Waals surface area contributed by atoms with Gasteiger partial charge >= 0.3 is 6.18 Å². The van der Waals surface area contributed by atoms with Crippen molar-refractivity contribution < 1.29 is 22.5 Å². The molecule has 2 heterocycles. The smallest absolute Gasteiger partial charge is 0.352 e. The summed E-state index contributed by atoms with van der Waals surface area (Å²) in [5.74, 6) is 0.550. The number of aromatic nitrogens is 2. The molecular formula is C20H23F3N4O2. The second kappa shape index (κ2) is 8.14. The topological polar surface area (TPSA) is 71.3 Å². The van der Waals surface area contributed by atoms with Crippen LogP contribution in [-0.2, 0) is 11.0 Å². The molecule has 1 aromatic carbocycles. The highest BCUT2D eigenvalue weighted by Crippen LogP contribution is 2.32. The lowest BCUT2D eigenvalue weighted by Crippen LogP contribution is -2.40. The predicted molar refractivity (Wildman–Crippen MR) is 98.9 cm³/mol. The number of benzene rings is 1. The van der Waals surface area contributed by atoms with Crippen molar-refractivity contribution in [2.45, 2.75) is 50.2 Å². The van der Waals surface area contributed by atoms with Crippen molar-refractivity contribution in [2.24, 2.45) is 0 Å². The van der Waals surface area contributed by atoms with Crippen LogP contribution in [0.15, 0.2) is 28.8 Å². The van der Waals surface area contributed by atoms with E-state index in [1.165, 1.54) is 25.0 Å². The minimum Gasteiger partial charge on any atom is -0.352 e. The Kier molecular flexibility index (Phi) is 5.58. The average molecular weight is 408 g/mol. The minimum atomic E-state index is -4.42. The van der Waals surface area contributed by atoms with Gasteiger partial charge in [0, 0.05) is 18.2 Å². The van der Waals surface area contributed by atoms with Gasteiger partial charge in [0.15, 0.2) is 0 Å². The second-order valence-electron chi connectivity index (χ2n) is 7.80. The van der Waals surface area contributed by atoms with Gasteiger partial charge in [-0.2, -0.15) is 18.2 Å². The van der Waals surface area contributed by atoms with Crippen molar-refractivity contribution >= 4 is 5.91 Å². The third-order valence-electron chi connectivity index (χ3n) is 5.60. The lowest BCUT2D eigenvalue weighted by Gasteiger charge is -2.17. The lowest BCUT2D eigenvalue weighted by molar-refractivity contribution is -0.137. The van der Waals surface area contributed by atoms with E-state index in [4.69, 9.17) is 4.52 Å². The number of likely N-dealkylation sites (tertiary alicyclic amines) is 1. The molecule has 2 aromatic rings. The SMILES string of the molecule is O=C(CN1CC[C@H](c2nc(-c3cccc(C(F)(F)F)c3)no2)C1)NC1CCCC1. The number of carbonyl (C=O) groups excluding carboxylic acids is 1. The first-order chi connectivity index (χ1) is 13.9. The van der Waals surface area contributed by atoms with Crippen LogP contribution in [0.4, 0.5) is 13.2 Å². The van der Waals surface area contributed by atoms with Gasteiger partial charge in [0.2, 0.25) is 17.6 Å². The Morgan fingerprint density at radius 3 is 2.79 bits per heavy atom. The van der Waals surface area contributed by atoms with Crippen molar-refractivity contribution in [3.05, 3.63) is 35.7 Å². The highest BCUT2D eigenvalue weighted by Gasteiger charge is 2.32. The monoisotopic (exact) mass is 408 g/mol. The van der Waals surface area contributed by atoms with Gasteiger partial charge in [0.25, 0.3) is 0 Å². The minimum absolute atomic E-state index is 0.0265. The molecule has 29 heavy (non-hydrogen) atoms. The van der Waals surface area contributed by atoms with E-state index < -0.39 is 11.7 Å². The maximum atomic E-state index is 12.9. The summed E-state index contributed by atoms with van der Waals surface area (Å²) in [5.41, 5.74) is -0.484. The number of nitrogens with one attached hydrogen (secondary N) is 1. The molecule has 1 aliphatic carbocycles. The molecule has 0 unspecified atom stereocenters. The summed E-state index contributed by atoms with van der Waals surface area (Å²) in [4.78, 5) is 18.6. The summed E-state index contributed by atoms with van der Waals surface area (Å²) in [6, 6.07) is 5.18. The van der Waals surface area contributed by atoms with Crippen molar-refractivity contribution in [3.8, 4) is 11.4 Å². The van der Waals surface area contributed by atoms with Gasteiger partial charge in [-0.3, -0.25) is 9.69 Å².